The van der Waals surface area contributed by atoms with Crippen LogP contribution in [0.15, 0.2) is 24.3 Å². The van der Waals surface area contributed by atoms with Crippen molar-refractivity contribution >= 4 is 6.09 Å². The zero-order valence-corrected chi connectivity index (χ0v) is 11.1. The number of nitrogens with zero attached hydrogens (tertiary/aromatic N) is 1. The lowest BCUT2D eigenvalue weighted by atomic mass is 10.3. The minimum Gasteiger partial charge on any atom is -0.497 e. The summed E-state index contributed by atoms with van der Waals surface area (Å²) in [5.74, 6) is 1.13. The largest absolute Gasteiger partial charge is 0.497 e. The predicted molar refractivity (Wildman–Crippen MR) is 70.2 cm³/mol. The fourth-order valence-electron chi connectivity index (χ4n) is 1.39. The van der Waals surface area contributed by atoms with Gasteiger partial charge in [-0.2, -0.15) is 0 Å². The molecular formula is C13H20N2O3. The first-order valence-corrected chi connectivity index (χ1v) is 5.86. The standard InChI is InChI=1S/C13H20N2O3/c1-15(2)9-5-8-14-13(16)18-12-7-4-6-11(10-12)17-3/h4,6-7,10H,5,8-9H2,1-3H3,(H,14,16). The van der Waals surface area contributed by atoms with E-state index in [0.29, 0.717) is 18.0 Å². The number of amides is 1. The Hall–Kier alpha value is -1.75. The van der Waals surface area contributed by atoms with E-state index >= 15 is 0 Å². The van der Waals surface area contributed by atoms with Crippen molar-refractivity contribution in [2.45, 2.75) is 6.42 Å². The van der Waals surface area contributed by atoms with Gasteiger partial charge in [0.25, 0.3) is 0 Å². The minimum atomic E-state index is -0.443. The van der Waals surface area contributed by atoms with Gasteiger partial charge >= 0.3 is 6.09 Å². The van der Waals surface area contributed by atoms with E-state index < -0.39 is 6.09 Å². The van der Waals surface area contributed by atoms with E-state index in [1.807, 2.05) is 14.1 Å². The van der Waals surface area contributed by atoms with Crippen molar-refractivity contribution in [3.05, 3.63) is 24.3 Å². The zero-order chi connectivity index (χ0) is 13.4. The quantitative estimate of drug-likeness (QED) is 0.783. The first kappa shape index (κ1) is 14.3. The molecule has 0 aliphatic rings. The van der Waals surface area contributed by atoms with Crippen LogP contribution in [-0.2, 0) is 0 Å². The Labute approximate surface area is 108 Å². The lowest BCUT2D eigenvalue weighted by molar-refractivity contribution is 0.199. The topological polar surface area (TPSA) is 50.8 Å². The molecule has 18 heavy (non-hydrogen) atoms. The number of hydrogen-bond donors (Lipinski definition) is 1. The number of carbonyl (C=O) groups excluding carboxylic acids is 1. The molecule has 0 aliphatic heterocycles. The molecule has 0 aliphatic carbocycles. The lowest BCUT2D eigenvalue weighted by Crippen LogP contribution is -2.29. The second kappa shape index (κ2) is 7.55. The Morgan fingerprint density at radius 1 is 1.33 bits per heavy atom. The Bertz CT molecular complexity index is 380. The number of methoxy groups -OCH3 is 1. The van der Waals surface area contributed by atoms with E-state index in [0.717, 1.165) is 13.0 Å². The Morgan fingerprint density at radius 3 is 2.72 bits per heavy atom. The molecule has 1 amide bonds. The van der Waals surface area contributed by atoms with Gasteiger partial charge in [-0.25, -0.2) is 4.79 Å². The van der Waals surface area contributed by atoms with E-state index in [4.69, 9.17) is 9.47 Å². The van der Waals surface area contributed by atoms with Crippen LogP contribution in [0.2, 0.25) is 0 Å². The van der Waals surface area contributed by atoms with Crippen LogP contribution >= 0.6 is 0 Å². The fraction of sp³-hybridized carbons (Fsp3) is 0.462. The van der Waals surface area contributed by atoms with Gasteiger partial charge in [0.2, 0.25) is 0 Å². The van der Waals surface area contributed by atoms with Crippen molar-refractivity contribution in [1.29, 1.82) is 0 Å². The molecule has 0 spiro atoms. The maximum atomic E-state index is 11.5. The summed E-state index contributed by atoms with van der Waals surface area (Å²) in [4.78, 5) is 13.5. The normalized spacial score (nSPS) is 10.2. The molecule has 5 nitrogen and oxygen atoms in total. The first-order chi connectivity index (χ1) is 8.61. The van der Waals surface area contributed by atoms with Crippen LogP contribution in [-0.4, -0.2) is 45.3 Å². The van der Waals surface area contributed by atoms with Crippen LogP contribution in [0, 0.1) is 0 Å². The number of rotatable bonds is 6. The highest BCUT2D eigenvalue weighted by Crippen LogP contribution is 2.18. The number of carbonyl (C=O) groups is 1. The number of ether oxygens (including phenoxy) is 2. The third-order valence-electron chi connectivity index (χ3n) is 2.30. The third kappa shape index (κ3) is 5.54. The summed E-state index contributed by atoms with van der Waals surface area (Å²) < 4.78 is 10.2. The van der Waals surface area contributed by atoms with Crippen LogP contribution in [0.25, 0.3) is 0 Å². The second-order valence-electron chi connectivity index (χ2n) is 4.15. The van der Waals surface area contributed by atoms with Crippen molar-refractivity contribution in [1.82, 2.24) is 10.2 Å². The zero-order valence-electron chi connectivity index (χ0n) is 11.1. The summed E-state index contributed by atoms with van der Waals surface area (Å²) in [6.45, 7) is 1.53. The van der Waals surface area contributed by atoms with E-state index in [2.05, 4.69) is 10.2 Å². The molecule has 1 N–H and O–H groups in total. The van der Waals surface area contributed by atoms with Crippen molar-refractivity contribution in [2.75, 3.05) is 34.3 Å². The van der Waals surface area contributed by atoms with Gasteiger partial charge in [0.05, 0.1) is 7.11 Å². The smallest absolute Gasteiger partial charge is 0.412 e. The molecule has 0 fully saturated rings. The molecule has 0 heterocycles. The highest BCUT2D eigenvalue weighted by molar-refractivity contribution is 5.70. The Kier molecular flexibility index (Phi) is 6.00. The van der Waals surface area contributed by atoms with Crippen molar-refractivity contribution in [2.24, 2.45) is 0 Å². The second-order valence-corrected chi connectivity index (χ2v) is 4.15. The van der Waals surface area contributed by atoms with Crippen molar-refractivity contribution < 1.29 is 14.3 Å². The maximum Gasteiger partial charge on any atom is 0.412 e. The third-order valence-corrected chi connectivity index (χ3v) is 2.30. The van der Waals surface area contributed by atoms with Crippen LogP contribution in [0.4, 0.5) is 4.79 Å². The van der Waals surface area contributed by atoms with Gasteiger partial charge in [-0.05, 0) is 39.2 Å². The fourth-order valence-corrected chi connectivity index (χ4v) is 1.39. The summed E-state index contributed by atoms with van der Waals surface area (Å²) in [5.41, 5.74) is 0. The van der Waals surface area contributed by atoms with Crippen molar-refractivity contribution in [3.8, 4) is 11.5 Å². The van der Waals surface area contributed by atoms with Crippen LogP contribution in [0.3, 0.4) is 0 Å². The molecule has 0 bridgehead atoms. The number of hydrogen-bond acceptors (Lipinski definition) is 4. The van der Waals surface area contributed by atoms with Gasteiger partial charge in [-0.3, -0.25) is 0 Å². The average Bonchev–Trinajstić information content (AvgIpc) is 2.34. The molecule has 0 radical (unpaired) electrons. The highest BCUT2D eigenvalue weighted by Gasteiger charge is 2.04. The van der Waals surface area contributed by atoms with Gasteiger partial charge in [0.15, 0.2) is 0 Å². The maximum absolute atomic E-state index is 11.5. The van der Waals surface area contributed by atoms with Gasteiger partial charge < -0.3 is 19.7 Å². The highest BCUT2D eigenvalue weighted by atomic mass is 16.6. The van der Waals surface area contributed by atoms with E-state index in [9.17, 15) is 4.79 Å². The molecule has 1 rings (SSSR count). The average molecular weight is 252 g/mol. The lowest BCUT2D eigenvalue weighted by Gasteiger charge is -2.10. The molecule has 0 saturated heterocycles. The molecule has 1 aromatic rings. The van der Waals surface area contributed by atoms with Crippen molar-refractivity contribution in [3.63, 3.8) is 0 Å². The predicted octanol–water partition coefficient (Wildman–Crippen LogP) is 1.74. The van der Waals surface area contributed by atoms with Crippen LogP contribution < -0.4 is 14.8 Å². The van der Waals surface area contributed by atoms with E-state index in [1.165, 1.54) is 0 Å². The summed E-state index contributed by atoms with van der Waals surface area (Å²) in [6, 6.07) is 6.94. The van der Waals surface area contributed by atoms with Gasteiger partial charge in [0, 0.05) is 12.6 Å². The SMILES string of the molecule is COc1cccc(OC(=O)NCCCN(C)C)c1. The molecule has 100 valence electrons. The molecule has 0 atom stereocenters. The van der Waals surface area contributed by atoms with Gasteiger partial charge in [-0.1, -0.05) is 6.07 Å². The Morgan fingerprint density at radius 2 is 2.06 bits per heavy atom. The number of benzene rings is 1. The summed E-state index contributed by atoms with van der Waals surface area (Å²) in [5, 5.41) is 2.70. The minimum absolute atomic E-state index is 0.443. The van der Waals surface area contributed by atoms with Gasteiger partial charge in [-0.15, -0.1) is 0 Å². The van der Waals surface area contributed by atoms with E-state index in [1.54, 1.807) is 31.4 Å². The Balaban J connectivity index is 2.30. The number of nitrogens with one attached hydrogen (secondary N) is 1. The van der Waals surface area contributed by atoms with Crippen LogP contribution in [0.5, 0.6) is 11.5 Å². The monoisotopic (exact) mass is 252 g/mol. The molecule has 1 aromatic carbocycles. The van der Waals surface area contributed by atoms with Gasteiger partial charge in [0.1, 0.15) is 11.5 Å². The summed E-state index contributed by atoms with van der Waals surface area (Å²) >= 11 is 0. The molecule has 0 aromatic heterocycles. The van der Waals surface area contributed by atoms with Crippen LogP contribution in [0.1, 0.15) is 6.42 Å². The molecular weight excluding hydrogens is 232 g/mol. The molecule has 0 saturated carbocycles. The summed E-state index contributed by atoms with van der Waals surface area (Å²) in [6.07, 6.45) is 0.447. The molecule has 0 unspecified atom stereocenters. The first-order valence-electron chi connectivity index (χ1n) is 5.86. The van der Waals surface area contributed by atoms with E-state index in [-0.39, 0.29) is 0 Å². The molecule has 5 heteroatoms. The summed E-state index contributed by atoms with van der Waals surface area (Å²) in [7, 11) is 5.56.